The Balaban J connectivity index is 1.23. The number of nitrogens with one attached hydrogen (secondary N) is 3. The van der Waals surface area contributed by atoms with Gasteiger partial charge in [-0.25, -0.2) is 13.2 Å². The molecule has 5 aliphatic rings. The van der Waals surface area contributed by atoms with Gasteiger partial charge in [-0.2, -0.15) is 4.98 Å². The van der Waals surface area contributed by atoms with Gasteiger partial charge >= 0.3 is 6.09 Å². The first-order valence-electron chi connectivity index (χ1n) is 17.9. The molecule has 4 N–H and O–H groups in total. The third kappa shape index (κ3) is 6.77. The molecule has 4 amide bonds. The molecule has 1 aromatic heterocycles. The number of amides is 4. The average molecular weight is 740 g/mol. The van der Waals surface area contributed by atoms with Gasteiger partial charge in [0.1, 0.15) is 23.7 Å². The van der Waals surface area contributed by atoms with Crippen LogP contribution in [0.4, 0.5) is 4.79 Å². The van der Waals surface area contributed by atoms with Crippen molar-refractivity contribution in [3.05, 3.63) is 42.0 Å². The van der Waals surface area contributed by atoms with Gasteiger partial charge in [0.05, 0.1) is 30.1 Å². The number of benzene rings is 1. The molecule has 0 unspecified atom stereocenters. The fraction of sp³-hybridized carbons (Fsp3) is 0.583. The van der Waals surface area contributed by atoms with E-state index in [4.69, 9.17) is 19.2 Å². The van der Waals surface area contributed by atoms with Gasteiger partial charge in [0.15, 0.2) is 0 Å². The summed E-state index contributed by atoms with van der Waals surface area (Å²) in [6.45, 7) is 5.38. The van der Waals surface area contributed by atoms with Gasteiger partial charge < -0.3 is 34.9 Å². The topological polar surface area (TPSA) is 203 Å². The SMILES string of the molecule is C[C@@H]1CCC=C[C@@H]2C[C@@]2(C(=O)NS(=O)(=O)C2(C)CC2)NC(=O)[C@@H]2C[C@@H](Oc3nc4c(c5ccccc35)CCCO4)CN2C(=O)[C@@H](NC(=O)O)[C@H](C)O1. The molecule has 3 fully saturated rings. The summed E-state index contributed by atoms with van der Waals surface area (Å²) in [7, 11) is -4.01. The third-order valence-corrected chi connectivity index (χ3v) is 13.2. The number of carboxylic acid groups (broad SMARTS) is 1. The number of fused-ring (bicyclic) bond motifs is 5. The van der Waals surface area contributed by atoms with Crippen LogP contribution < -0.4 is 24.8 Å². The van der Waals surface area contributed by atoms with Crippen LogP contribution in [0.15, 0.2) is 36.4 Å². The summed E-state index contributed by atoms with van der Waals surface area (Å²) in [5, 5.41) is 16.5. The van der Waals surface area contributed by atoms with Gasteiger partial charge in [-0.05, 0) is 77.2 Å². The first kappa shape index (κ1) is 35.9. The second-order valence-corrected chi connectivity index (χ2v) is 17.1. The Morgan fingerprint density at radius 1 is 1.15 bits per heavy atom. The van der Waals surface area contributed by atoms with E-state index in [0.29, 0.717) is 38.2 Å². The van der Waals surface area contributed by atoms with Crippen LogP contribution in [0.3, 0.4) is 0 Å². The zero-order valence-electron chi connectivity index (χ0n) is 29.4. The summed E-state index contributed by atoms with van der Waals surface area (Å²) in [6, 6.07) is 5.04. The van der Waals surface area contributed by atoms with Gasteiger partial charge in [-0.1, -0.05) is 30.4 Å². The molecule has 1 saturated heterocycles. The van der Waals surface area contributed by atoms with Gasteiger partial charge in [0.2, 0.25) is 33.6 Å². The maximum absolute atomic E-state index is 14.4. The Labute approximate surface area is 301 Å². The largest absolute Gasteiger partial charge is 0.477 e. The number of aryl methyl sites for hydroxylation is 1. The van der Waals surface area contributed by atoms with E-state index in [1.807, 2.05) is 37.3 Å². The van der Waals surface area contributed by atoms with Crippen LogP contribution in [0, 0.1) is 5.92 Å². The molecule has 4 heterocycles. The predicted molar refractivity (Wildman–Crippen MR) is 187 cm³/mol. The second kappa shape index (κ2) is 13.5. The molecular formula is C36H45N5O10S. The fourth-order valence-electron chi connectivity index (χ4n) is 7.53. The van der Waals surface area contributed by atoms with Gasteiger partial charge in [-0.3, -0.25) is 19.1 Å². The van der Waals surface area contributed by atoms with E-state index in [1.54, 1.807) is 19.9 Å². The van der Waals surface area contributed by atoms with Gasteiger partial charge in [0.25, 0.3) is 5.91 Å². The molecule has 0 radical (unpaired) electrons. The standard InChI is InChI=1S/C36H45N5O10S/c1-20-9-4-5-10-22-18-36(22,33(44)40-52(47,48)35(3)14-15-35)39-29(42)27-17-23(19-41(27)32(43)28(21(2)50-20)37-34(45)46)51-31-26-12-7-6-11-24(26)25-13-8-16-49-30(25)38-31/h5-7,10-12,20-23,27-28,37H,4,8-9,13-19H2,1-3H3,(H,39,42)(H,40,44)(H,45,46)/t20-,21+,22-,23-,27+,28+,36-/m1/s1. The van der Waals surface area contributed by atoms with Crippen molar-refractivity contribution < 1.29 is 46.9 Å². The number of nitrogens with zero attached hydrogens (tertiary/aromatic N) is 2. The third-order valence-electron chi connectivity index (χ3n) is 11.0. The Kier molecular flexibility index (Phi) is 9.34. The lowest BCUT2D eigenvalue weighted by molar-refractivity contribution is -0.144. The van der Waals surface area contributed by atoms with Gasteiger partial charge in [-0.15, -0.1) is 0 Å². The average Bonchev–Trinajstić information content (AvgIpc) is 3.98. The predicted octanol–water partition coefficient (Wildman–Crippen LogP) is 2.56. The monoisotopic (exact) mass is 739 g/mol. The van der Waals surface area contributed by atoms with Crippen molar-refractivity contribution in [3.8, 4) is 11.8 Å². The van der Waals surface area contributed by atoms with Crippen LogP contribution in [-0.4, -0.2) is 101 Å². The summed E-state index contributed by atoms with van der Waals surface area (Å²) >= 11 is 0. The van der Waals surface area contributed by atoms with Crippen molar-refractivity contribution in [2.75, 3.05) is 13.2 Å². The van der Waals surface area contributed by atoms with Gasteiger partial charge in [0, 0.05) is 23.3 Å². The Hall–Kier alpha value is -4.44. The van der Waals surface area contributed by atoms with Crippen molar-refractivity contribution in [1.29, 1.82) is 0 Å². The van der Waals surface area contributed by atoms with Crippen LogP contribution in [0.5, 0.6) is 11.8 Å². The van der Waals surface area contributed by atoms with Crippen LogP contribution in [0.25, 0.3) is 10.8 Å². The number of pyridine rings is 1. The minimum Gasteiger partial charge on any atom is -0.477 e. The highest BCUT2D eigenvalue weighted by molar-refractivity contribution is 7.91. The summed E-state index contributed by atoms with van der Waals surface area (Å²) < 4.78 is 45.8. The highest BCUT2D eigenvalue weighted by Gasteiger charge is 2.63. The lowest BCUT2D eigenvalue weighted by Crippen LogP contribution is -2.60. The number of carbonyl (C=O) groups is 4. The van der Waals surface area contributed by atoms with Crippen LogP contribution in [0.1, 0.15) is 71.3 Å². The zero-order chi connectivity index (χ0) is 37.0. The van der Waals surface area contributed by atoms with Crippen LogP contribution in [0.2, 0.25) is 0 Å². The minimum atomic E-state index is -4.01. The minimum absolute atomic E-state index is 0.0223. The normalized spacial score (nSPS) is 31.4. The van der Waals surface area contributed by atoms with Crippen molar-refractivity contribution in [2.45, 2.75) is 113 Å². The number of ether oxygens (including phenoxy) is 3. The van der Waals surface area contributed by atoms with Crippen molar-refractivity contribution in [1.82, 2.24) is 25.2 Å². The van der Waals surface area contributed by atoms with Crippen LogP contribution in [-0.2, 0) is 35.6 Å². The molecule has 52 heavy (non-hydrogen) atoms. The van der Waals surface area contributed by atoms with E-state index in [-0.39, 0.29) is 31.4 Å². The zero-order valence-corrected chi connectivity index (χ0v) is 30.2. The Morgan fingerprint density at radius 3 is 2.63 bits per heavy atom. The van der Waals surface area contributed by atoms with E-state index in [2.05, 4.69) is 15.4 Å². The molecule has 1 aromatic carbocycles. The summed E-state index contributed by atoms with van der Waals surface area (Å²) in [5.74, 6) is -2.00. The number of carbonyl (C=O) groups excluding carboxylic acids is 3. The van der Waals surface area contributed by atoms with E-state index in [9.17, 15) is 32.7 Å². The lowest BCUT2D eigenvalue weighted by atomic mass is 10.0. The van der Waals surface area contributed by atoms with Crippen molar-refractivity contribution >= 4 is 44.6 Å². The molecule has 3 aliphatic heterocycles. The lowest BCUT2D eigenvalue weighted by Gasteiger charge is -2.32. The maximum atomic E-state index is 14.4. The van der Waals surface area contributed by atoms with Crippen molar-refractivity contribution in [2.24, 2.45) is 5.92 Å². The molecule has 15 nitrogen and oxygen atoms in total. The number of aromatic nitrogens is 1. The molecule has 7 atom stereocenters. The first-order chi connectivity index (χ1) is 24.7. The molecular weight excluding hydrogens is 694 g/mol. The summed E-state index contributed by atoms with van der Waals surface area (Å²) in [5.41, 5.74) is -0.593. The molecule has 280 valence electrons. The smallest absolute Gasteiger partial charge is 0.405 e. The molecule has 2 aliphatic carbocycles. The van der Waals surface area contributed by atoms with E-state index in [1.165, 1.54) is 4.90 Å². The fourth-order valence-corrected chi connectivity index (χ4v) is 8.84. The summed E-state index contributed by atoms with van der Waals surface area (Å²) in [4.78, 5) is 60.4. The summed E-state index contributed by atoms with van der Waals surface area (Å²) in [6.07, 6.45) is 3.84. The van der Waals surface area contributed by atoms with Crippen LogP contribution >= 0.6 is 0 Å². The number of rotatable bonds is 6. The maximum Gasteiger partial charge on any atom is 0.405 e. The highest BCUT2D eigenvalue weighted by Crippen LogP contribution is 2.47. The van der Waals surface area contributed by atoms with E-state index < -0.39 is 74.3 Å². The molecule has 16 heteroatoms. The molecule has 7 rings (SSSR count). The number of allylic oxidation sites excluding steroid dienone is 1. The molecule has 0 spiro atoms. The number of hydrogen-bond acceptors (Lipinski definition) is 10. The van der Waals surface area contributed by atoms with Crippen molar-refractivity contribution in [3.63, 3.8) is 0 Å². The molecule has 2 saturated carbocycles. The van der Waals surface area contributed by atoms with E-state index >= 15 is 0 Å². The number of sulfonamides is 1. The Bertz CT molecular complexity index is 1930. The number of hydrogen-bond donors (Lipinski definition) is 4. The molecule has 0 bridgehead atoms. The Morgan fingerprint density at radius 2 is 1.90 bits per heavy atom. The second-order valence-electron chi connectivity index (χ2n) is 14.9. The highest BCUT2D eigenvalue weighted by atomic mass is 32.2. The first-order valence-corrected chi connectivity index (χ1v) is 19.4. The van der Waals surface area contributed by atoms with E-state index in [0.717, 1.165) is 29.2 Å². The molecule has 2 aromatic rings. The quantitative estimate of drug-likeness (QED) is 0.317.